The highest BCUT2D eigenvalue weighted by atomic mass is 35.5. The zero-order valence-corrected chi connectivity index (χ0v) is 13.3. The Labute approximate surface area is 137 Å². The van der Waals surface area contributed by atoms with E-state index in [1.54, 1.807) is 0 Å². The molecule has 1 aromatic heterocycles. The van der Waals surface area contributed by atoms with Gasteiger partial charge in [-0.05, 0) is 18.2 Å². The zero-order valence-electron chi connectivity index (χ0n) is 11.7. The van der Waals surface area contributed by atoms with E-state index in [-0.39, 0.29) is 25.6 Å². The first-order valence-corrected chi connectivity index (χ1v) is 7.27. The molecule has 0 fully saturated rings. The second-order valence-electron chi connectivity index (χ2n) is 4.43. The van der Waals surface area contributed by atoms with E-state index in [1.807, 2.05) is 29.8 Å². The van der Waals surface area contributed by atoms with Crippen LogP contribution in [0.3, 0.4) is 0 Å². The van der Waals surface area contributed by atoms with Crippen molar-refractivity contribution in [1.29, 1.82) is 0 Å². The van der Waals surface area contributed by atoms with Crippen molar-refractivity contribution in [1.82, 2.24) is 14.8 Å². The third-order valence-electron chi connectivity index (χ3n) is 3.01. The quantitative estimate of drug-likeness (QED) is 0.833. The Hall–Kier alpha value is -1.93. The molecule has 0 amide bonds. The molecule has 0 bridgehead atoms. The molecule has 118 valence electrons. The molecule has 1 aromatic carbocycles. The third-order valence-corrected chi connectivity index (χ3v) is 4.03. The van der Waals surface area contributed by atoms with E-state index in [9.17, 15) is 4.79 Å². The van der Waals surface area contributed by atoms with Crippen molar-refractivity contribution in [3.8, 4) is 22.9 Å². The summed E-state index contributed by atoms with van der Waals surface area (Å²) in [6.45, 7) is 0.230. The maximum atomic E-state index is 10.5. The Balaban J connectivity index is 0.00000176. The molecule has 0 saturated carbocycles. The number of carbonyl (C=O) groups is 1. The van der Waals surface area contributed by atoms with Crippen LogP contribution in [0.5, 0.6) is 11.5 Å². The molecule has 0 unspecified atom stereocenters. The standard InChI is InChI=1S/C13H13N3O4S.ClH/c1-16-12(14-15-13(16)21-5-4-11(17)18)8-2-3-9-10(6-8)20-7-19-9;/h2-3,6H,4-5,7H2,1H3,(H,17,18);1H. The van der Waals surface area contributed by atoms with Crippen LogP contribution in [0.4, 0.5) is 0 Å². The SMILES string of the molecule is Cl.Cn1c(SCCC(=O)O)nnc1-c1ccc2c(c1)OCO2. The van der Waals surface area contributed by atoms with Gasteiger partial charge in [0.2, 0.25) is 6.79 Å². The molecular formula is C13H14ClN3O4S. The van der Waals surface area contributed by atoms with Gasteiger partial charge < -0.3 is 19.1 Å². The summed E-state index contributed by atoms with van der Waals surface area (Å²) in [5.41, 5.74) is 0.874. The maximum absolute atomic E-state index is 10.5. The van der Waals surface area contributed by atoms with Crippen molar-refractivity contribution >= 4 is 30.1 Å². The van der Waals surface area contributed by atoms with Gasteiger partial charge >= 0.3 is 5.97 Å². The van der Waals surface area contributed by atoms with E-state index in [2.05, 4.69) is 10.2 Å². The smallest absolute Gasteiger partial charge is 0.304 e. The number of benzene rings is 1. The Bertz CT molecular complexity index is 692. The number of aromatic nitrogens is 3. The van der Waals surface area contributed by atoms with Crippen molar-refractivity contribution in [2.45, 2.75) is 11.6 Å². The van der Waals surface area contributed by atoms with Crippen LogP contribution in [0.2, 0.25) is 0 Å². The predicted molar refractivity (Wildman–Crippen MR) is 82.8 cm³/mol. The number of halogens is 1. The van der Waals surface area contributed by atoms with Gasteiger partial charge in [-0.2, -0.15) is 0 Å². The second kappa shape index (κ2) is 6.89. The topological polar surface area (TPSA) is 86.5 Å². The minimum absolute atomic E-state index is 0. The molecule has 0 atom stereocenters. The van der Waals surface area contributed by atoms with Gasteiger partial charge in [0.05, 0.1) is 6.42 Å². The third kappa shape index (κ3) is 3.28. The van der Waals surface area contributed by atoms with Crippen LogP contribution in [0, 0.1) is 0 Å². The maximum Gasteiger partial charge on any atom is 0.304 e. The molecule has 0 saturated heterocycles. The Kier molecular flexibility index (Phi) is 5.15. The largest absolute Gasteiger partial charge is 0.481 e. The number of nitrogens with zero attached hydrogens (tertiary/aromatic N) is 3. The van der Waals surface area contributed by atoms with Gasteiger partial charge in [-0.3, -0.25) is 4.79 Å². The fourth-order valence-electron chi connectivity index (χ4n) is 1.96. The Morgan fingerprint density at radius 2 is 2.14 bits per heavy atom. The molecule has 2 heterocycles. The van der Waals surface area contributed by atoms with Crippen LogP contribution in [-0.2, 0) is 11.8 Å². The molecule has 7 nitrogen and oxygen atoms in total. The molecule has 1 aliphatic rings. The minimum Gasteiger partial charge on any atom is -0.481 e. The second-order valence-corrected chi connectivity index (χ2v) is 5.49. The molecule has 0 radical (unpaired) electrons. The Morgan fingerprint density at radius 3 is 2.91 bits per heavy atom. The van der Waals surface area contributed by atoms with E-state index in [4.69, 9.17) is 14.6 Å². The zero-order chi connectivity index (χ0) is 14.8. The van der Waals surface area contributed by atoms with Crippen molar-refractivity contribution < 1.29 is 19.4 Å². The van der Waals surface area contributed by atoms with Crippen LogP contribution in [-0.4, -0.2) is 38.4 Å². The number of carboxylic acid groups (broad SMARTS) is 1. The monoisotopic (exact) mass is 343 g/mol. The highest BCUT2D eigenvalue weighted by Gasteiger charge is 2.17. The van der Waals surface area contributed by atoms with Crippen molar-refractivity contribution in [3.05, 3.63) is 18.2 Å². The van der Waals surface area contributed by atoms with Gasteiger partial charge in [-0.1, -0.05) is 11.8 Å². The average molecular weight is 344 g/mol. The van der Waals surface area contributed by atoms with Crippen molar-refractivity contribution in [2.75, 3.05) is 12.5 Å². The predicted octanol–water partition coefficient (Wildman–Crippen LogP) is 2.20. The highest BCUT2D eigenvalue weighted by molar-refractivity contribution is 7.99. The molecule has 1 N–H and O–H groups in total. The number of fused-ring (bicyclic) bond motifs is 1. The molecule has 3 rings (SSSR count). The van der Waals surface area contributed by atoms with E-state index in [1.165, 1.54) is 11.8 Å². The van der Waals surface area contributed by atoms with Crippen LogP contribution in [0.25, 0.3) is 11.4 Å². The summed E-state index contributed by atoms with van der Waals surface area (Å²) in [6.07, 6.45) is 0.0941. The lowest BCUT2D eigenvalue weighted by Gasteiger charge is -2.04. The van der Waals surface area contributed by atoms with Crippen molar-refractivity contribution in [2.24, 2.45) is 7.05 Å². The Morgan fingerprint density at radius 1 is 1.36 bits per heavy atom. The van der Waals surface area contributed by atoms with Crippen LogP contribution in [0.1, 0.15) is 6.42 Å². The van der Waals surface area contributed by atoms with Gasteiger partial charge in [0.15, 0.2) is 22.5 Å². The minimum atomic E-state index is -0.819. The summed E-state index contributed by atoms with van der Waals surface area (Å²) in [5.74, 6) is 1.75. The van der Waals surface area contributed by atoms with Gasteiger partial charge in [-0.15, -0.1) is 22.6 Å². The van der Waals surface area contributed by atoms with E-state index >= 15 is 0 Å². The molecule has 1 aliphatic heterocycles. The van der Waals surface area contributed by atoms with Crippen molar-refractivity contribution in [3.63, 3.8) is 0 Å². The molecule has 22 heavy (non-hydrogen) atoms. The summed E-state index contributed by atoms with van der Waals surface area (Å²) in [6, 6.07) is 5.59. The number of thioether (sulfide) groups is 1. The lowest BCUT2D eigenvalue weighted by molar-refractivity contribution is -0.136. The summed E-state index contributed by atoms with van der Waals surface area (Å²) >= 11 is 1.37. The van der Waals surface area contributed by atoms with Crippen LogP contribution < -0.4 is 9.47 Å². The fraction of sp³-hybridized carbons (Fsp3) is 0.308. The van der Waals surface area contributed by atoms with Crippen LogP contribution in [0.15, 0.2) is 23.4 Å². The number of aliphatic carboxylic acids is 1. The summed E-state index contributed by atoms with van der Waals surface area (Å²) in [4.78, 5) is 10.5. The lowest BCUT2D eigenvalue weighted by Crippen LogP contribution is -1.99. The van der Waals surface area contributed by atoms with Crippen LogP contribution >= 0.6 is 24.2 Å². The molecule has 2 aromatic rings. The van der Waals surface area contributed by atoms with Gasteiger partial charge in [0.1, 0.15) is 0 Å². The highest BCUT2D eigenvalue weighted by Crippen LogP contribution is 2.35. The van der Waals surface area contributed by atoms with E-state index in [0.717, 1.165) is 11.3 Å². The van der Waals surface area contributed by atoms with Gasteiger partial charge in [0, 0.05) is 18.4 Å². The molecule has 9 heteroatoms. The first kappa shape index (κ1) is 16.4. The fourth-order valence-corrected chi connectivity index (χ4v) is 2.80. The van der Waals surface area contributed by atoms with E-state index < -0.39 is 5.97 Å². The number of rotatable bonds is 5. The summed E-state index contributed by atoms with van der Waals surface area (Å²) in [5, 5.41) is 17.6. The summed E-state index contributed by atoms with van der Waals surface area (Å²) in [7, 11) is 1.85. The van der Waals surface area contributed by atoms with E-state index in [0.29, 0.717) is 22.5 Å². The first-order valence-electron chi connectivity index (χ1n) is 6.29. The normalized spacial score (nSPS) is 12.0. The average Bonchev–Trinajstić information content (AvgIpc) is 3.05. The molecule has 0 aliphatic carbocycles. The van der Waals surface area contributed by atoms with Gasteiger partial charge in [-0.25, -0.2) is 0 Å². The molecular weight excluding hydrogens is 330 g/mol. The number of ether oxygens (including phenoxy) is 2. The molecule has 0 spiro atoms. The number of hydrogen-bond donors (Lipinski definition) is 1. The van der Waals surface area contributed by atoms with Gasteiger partial charge in [0.25, 0.3) is 0 Å². The lowest BCUT2D eigenvalue weighted by atomic mass is 10.2. The number of hydrogen-bond acceptors (Lipinski definition) is 6. The first-order chi connectivity index (χ1) is 10.1. The number of carboxylic acids is 1. The summed E-state index contributed by atoms with van der Waals surface area (Å²) < 4.78 is 12.5.